The summed E-state index contributed by atoms with van der Waals surface area (Å²) < 4.78 is 39.2. The zero-order valence-electron chi connectivity index (χ0n) is 10.0. The zero-order chi connectivity index (χ0) is 15.1. The van der Waals surface area contributed by atoms with Crippen molar-refractivity contribution in [3.8, 4) is 0 Å². The number of aliphatic carboxylic acids is 1. The molecule has 5 nitrogen and oxygen atoms in total. The minimum absolute atomic E-state index is 0.301. The number of hydrogen-bond acceptors (Lipinski definition) is 3. The molecule has 110 valence electrons. The largest absolute Gasteiger partial charge is 0.480 e. The fourth-order valence-electron chi connectivity index (χ4n) is 1.74. The molecule has 9 heteroatoms. The molecule has 0 spiro atoms. The Kier molecular flexibility index (Phi) is 4.24. The van der Waals surface area contributed by atoms with E-state index in [-0.39, 0.29) is 11.1 Å². The summed E-state index contributed by atoms with van der Waals surface area (Å²) in [5, 5.41) is 7.87. The summed E-state index contributed by atoms with van der Waals surface area (Å²) in [5.74, 6) is -2.33. The summed E-state index contributed by atoms with van der Waals surface area (Å²) >= 11 is 11.2. The number of halogens is 3. The van der Waals surface area contributed by atoms with Crippen LogP contribution < -0.4 is 0 Å². The van der Waals surface area contributed by atoms with Crippen LogP contribution in [0.4, 0.5) is 4.39 Å². The minimum atomic E-state index is -4.18. The van der Waals surface area contributed by atoms with Gasteiger partial charge < -0.3 is 5.11 Å². The highest BCUT2D eigenvalue weighted by molar-refractivity contribution is 7.89. The van der Waals surface area contributed by atoms with Crippen molar-refractivity contribution in [3.63, 3.8) is 0 Å². The van der Waals surface area contributed by atoms with Crippen LogP contribution in [-0.2, 0) is 14.8 Å². The first-order valence-corrected chi connectivity index (χ1v) is 7.82. The summed E-state index contributed by atoms with van der Waals surface area (Å²) in [4.78, 5) is 10.3. The van der Waals surface area contributed by atoms with Gasteiger partial charge in [-0.1, -0.05) is 23.2 Å². The normalized spacial score (nSPS) is 15.6. The van der Waals surface area contributed by atoms with Crippen molar-refractivity contribution in [2.45, 2.75) is 23.8 Å². The molecule has 0 amide bonds. The Morgan fingerprint density at radius 3 is 2.50 bits per heavy atom. The van der Waals surface area contributed by atoms with Gasteiger partial charge in [-0.05, 0) is 25.0 Å². The van der Waals surface area contributed by atoms with Gasteiger partial charge in [-0.3, -0.25) is 4.79 Å². The van der Waals surface area contributed by atoms with Gasteiger partial charge in [-0.15, -0.1) is 0 Å². The van der Waals surface area contributed by atoms with Crippen molar-refractivity contribution in [3.05, 3.63) is 28.0 Å². The third-order valence-electron chi connectivity index (χ3n) is 2.83. The average molecular weight is 342 g/mol. The number of carbonyl (C=O) groups is 1. The first-order valence-electron chi connectivity index (χ1n) is 5.62. The van der Waals surface area contributed by atoms with Gasteiger partial charge in [0.15, 0.2) is 5.82 Å². The van der Waals surface area contributed by atoms with E-state index in [0.29, 0.717) is 12.8 Å². The zero-order valence-corrected chi connectivity index (χ0v) is 12.3. The van der Waals surface area contributed by atoms with Gasteiger partial charge in [0.2, 0.25) is 10.0 Å². The number of carboxylic acid groups (broad SMARTS) is 1. The molecule has 1 fully saturated rings. The van der Waals surface area contributed by atoms with E-state index < -0.39 is 38.3 Å². The highest BCUT2D eigenvalue weighted by Gasteiger charge is 2.40. The average Bonchev–Trinajstić information content (AvgIpc) is 3.16. The van der Waals surface area contributed by atoms with Crippen molar-refractivity contribution >= 4 is 39.2 Å². The molecule has 0 aliphatic heterocycles. The summed E-state index contributed by atoms with van der Waals surface area (Å²) in [6, 6.07) is 1.76. The lowest BCUT2D eigenvalue weighted by Crippen LogP contribution is -2.37. The topological polar surface area (TPSA) is 74.7 Å². The molecule has 1 aromatic carbocycles. The van der Waals surface area contributed by atoms with E-state index in [1.54, 1.807) is 0 Å². The van der Waals surface area contributed by atoms with Crippen LogP contribution in [0.3, 0.4) is 0 Å². The molecule has 1 aliphatic carbocycles. The predicted octanol–water partition coefficient (Wildman–Crippen LogP) is 2.37. The lowest BCUT2D eigenvalue weighted by molar-refractivity contribution is -0.137. The van der Waals surface area contributed by atoms with Crippen LogP contribution in [0, 0.1) is 5.82 Å². The Hall–Kier alpha value is -0.890. The molecule has 0 bridgehead atoms. The third kappa shape index (κ3) is 2.90. The van der Waals surface area contributed by atoms with Crippen molar-refractivity contribution in [2.24, 2.45) is 0 Å². The highest BCUT2D eigenvalue weighted by Crippen LogP contribution is 2.36. The molecule has 0 radical (unpaired) electrons. The Labute approximate surface area is 124 Å². The van der Waals surface area contributed by atoms with Gasteiger partial charge >= 0.3 is 5.97 Å². The fourth-order valence-corrected chi connectivity index (χ4v) is 4.10. The fraction of sp³-hybridized carbons (Fsp3) is 0.364. The number of benzene rings is 1. The van der Waals surface area contributed by atoms with Gasteiger partial charge in [0.25, 0.3) is 0 Å². The van der Waals surface area contributed by atoms with Crippen LogP contribution in [0.5, 0.6) is 0 Å². The predicted molar refractivity (Wildman–Crippen MR) is 71.0 cm³/mol. The van der Waals surface area contributed by atoms with Crippen LogP contribution in [0.2, 0.25) is 10.0 Å². The van der Waals surface area contributed by atoms with E-state index in [9.17, 15) is 17.6 Å². The van der Waals surface area contributed by atoms with Gasteiger partial charge in [0.1, 0.15) is 11.4 Å². The SMILES string of the molecule is O=C(O)CN(C1CC1)S(=O)(=O)c1ccc(Cl)c(F)c1Cl. The summed E-state index contributed by atoms with van der Waals surface area (Å²) in [5.41, 5.74) is 0. The van der Waals surface area contributed by atoms with Crippen LogP contribution in [0.15, 0.2) is 17.0 Å². The number of hydrogen-bond donors (Lipinski definition) is 1. The van der Waals surface area contributed by atoms with Crippen molar-refractivity contribution in [1.82, 2.24) is 4.31 Å². The van der Waals surface area contributed by atoms with Crippen LogP contribution in [0.25, 0.3) is 0 Å². The molecule has 2 rings (SSSR count). The number of nitrogens with zero attached hydrogens (tertiary/aromatic N) is 1. The van der Waals surface area contributed by atoms with Crippen LogP contribution in [0.1, 0.15) is 12.8 Å². The van der Waals surface area contributed by atoms with E-state index in [4.69, 9.17) is 28.3 Å². The van der Waals surface area contributed by atoms with Crippen LogP contribution >= 0.6 is 23.2 Å². The molecule has 1 N–H and O–H groups in total. The van der Waals surface area contributed by atoms with E-state index in [2.05, 4.69) is 0 Å². The number of rotatable bonds is 5. The lowest BCUT2D eigenvalue weighted by atomic mass is 10.3. The Morgan fingerprint density at radius 2 is 2.00 bits per heavy atom. The van der Waals surface area contributed by atoms with Crippen molar-refractivity contribution < 1.29 is 22.7 Å². The summed E-state index contributed by atoms with van der Waals surface area (Å²) in [7, 11) is -4.18. The van der Waals surface area contributed by atoms with E-state index in [1.165, 1.54) is 0 Å². The first kappa shape index (κ1) is 15.5. The van der Waals surface area contributed by atoms with E-state index in [1.807, 2.05) is 0 Å². The molecule has 0 unspecified atom stereocenters. The molecule has 1 saturated carbocycles. The summed E-state index contributed by atoms with van der Waals surface area (Å²) in [6.45, 7) is -0.687. The maximum atomic E-state index is 13.6. The maximum absolute atomic E-state index is 13.6. The molecule has 0 atom stereocenters. The minimum Gasteiger partial charge on any atom is -0.480 e. The van der Waals surface area contributed by atoms with Crippen LogP contribution in [-0.4, -0.2) is 36.4 Å². The smallest absolute Gasteiger partial charge is 0.318 e. The molecule has 0 saturated heterocycles. The molecule has 1 aromatic rings. The second-order valence-corrected chi connectivity index (χ2v) is 6.99. The Morgan fingerprint density at radius 1 is 1.40 bits per heavy atom. The molecule has 20 heavy (non-hydrogen) atoms. The quantitative estimate of drug-likeness (QED) is 0.834. The highest BCUT2D eigenvalue weighted by atomic mass is 35.5. The van der Waals surface area contributed by atoms with E-state index >= 15 is 0 Å². The van der Waals surface area contributed by atoms with Gasteiger partial charge in [-0.25, -0.2) is 12.8 Å². The second-order valence-electron chi connectivity index (χ2n) is 4.35. The Balaban J connectivity index is 2.48. The monoisotopic (exact) mass is 341 g/mol. The molecule has 1 aliphatic rings. The maximum Gasteiger partial charge on any atom is 0.318 e. The molecular weight excluding hydrogens is 332 g/mol. The Bertz CT molecular complexity index is 661. The summed E-state index contributed by atoms with van der Waals surface area (Å²) in [6.07, 6.45) is 1.14. The van der Waals surface area contributed by atoms with Crippen molar-refractivity contribution in [2.75, 3.05) is 6.54 Å². The number of carboxylic acids is 1. The van der Waals surface area contributed by atoms with Crippen molar-refractivity contribution in [1.29, 1.82) is 0 Å². The first-order chi connectivity index (χ1) is 9.25. The van der Waals surface area contributed by atoms with E-state index in [0.717, 1.165) is 16.4 Å². The third-order valence-corrected chi connectivity index (χ3v) is 5.55. The van der Waals surface area contributed by atoms with Gasteiger partial charge in [0.05, 0.1) is 10.0 Å². The second kappa shape index (κ2) is 5.48. The molecule has 0 aromatic heterocycles. The lowest BCUT2D eigenvalue weighted by Gasteiger charge is -2.20. The molecular formula is C11H10Cl2FNO4S. The standard InChI is InChI=1S/C11H10Cl2FNO4S/c12-7-3-4-8(10(13)11(7)14)20(18,19)15(5-9(16)17)6-1-2-6/h3-4,6H,1-2,5H2,(H,16,17). The van der Waals surface area contributed by atoms with Gasteiger partial charge in [-0.2, -0.15) is 4.31 Å². The molecule has 0 heterocycles. The number of sulfonamides is 1. The van der Waals surface area contributed by atoms with Gasteiger partial charge in [0, 0.05) is 6.04 Å².